The van der Waals surface area contributed by atoms with Crippen molar-refractivity contribution < 1.29 is 0 Å². The molecule has 0 unspecified atom stereocenters. The molecule has 3 rings (SSSR count). The molecule has 0 spiro atoms. The molecule has 0 aromatic heterocycles. The van der Waals surface area contributed by atoms with Gasteiger partial charge in [-0.2, -0.15) is 0 Å². The molecule has 2 atom stereocenters. The molecule has 1 aromatic carbocycles. The monoisotopic (exact) mass is 216 g/mol. The van der Waals surface area contributed by atoms with Crippen LogP contribution in [-0.2, 0) is 5.41 Å². The van der Waals surface area contributed by atoms with E-state index >= 15 is 0 Å². The summed E-state index contributed by atoms with van der Waals surface area (Å²) in [6.07, 6.45) is 1.82. The van der Waals surface area contributed by atoms with Gasteiger partial charge < -0.3 is 4.90 Å². The van der Waals surface area contributed by atoms with Crippen molar-refractivity contribution >= 4 is 5.69 Å². The van der Waals surface area contributed by atoms with Crippen LogP contribution in [0.3, 0.4) is 0 Å². The van der Waals surface area contributed by atoms with Crippen LogP contribution in [0.4, 0.5) is 5.69 Å². The van der Waals surface area contributed by atoms with Gasteiger partial charge in [-0.1, -0.05) is 24.6 Å². The van der Waals surface area contributed by atoms with Crippen molar-refractivity contribution in [2.75, 3.05) is 25.5 Å². The minimum Gasteiger partial charge on any atom is -0.358 e. The molecule has 2 heterocycles. The quantitative estimate of drug-likeness (QED) is 0.657. The maximum Gasteiger partial charge on any atom is 0.0911 e. The smallest absolute Gasteiger partial charge is 0.0911 e. The Hall–Kier alpha value is -1.02. The highest BCUT2D eigenvalue weighted by atomic mass is 15.4. The molecule has 1 aromatic rings. The average molecular weight is 216 g/mol. The van der Waals surface area contributed by atoms with E-state index in [-0.39, 0.29) is 0 Å². The first-order chi connectivity index (χ1) is 7.54. The molecule has 86 valence electrons. The van der Waals surface area contributed by atoms with E-state index in [2.05, 4.69) is 55.9 Å². The summed E-state index contributed by atoms with van der Waals surface area (Å²) in [5, 5.41) is 0. The van der Waals surface area contributed by atoms with E-state index in [9.17, 15) is 0 Å². The zero-order valence-corrected chi connectivity index (χ0v) is 10.6. The Labute approximate surface area is 97.9 Å². The summed E-state index contributed by atoms with van der Waals surface area (Å²) in [7, 11) is 4.47. The summed E-state index contributed by atoms with van der Waals surface area (Å²) in [5.41, 5.74) is 4.67. The highest BCUT2D eigenvalue weighted by molar-refractivity contribution is 5.65. The van der Waals surface area contributed by atoms with Gasteiger partial charge in [0.2, 0.25) is 0 Å². The van der Waals surface area contributed by atoms with Crippen LogP contribution in [0.1, 0.15) is 24.5 Å². The summed E-state index contributed by atoms with van der Waals surface area (Å²) in [4.78, 5) is 4.93. The van der Waals surface area contributed by atoms with Gasteiger partial charge in [0.15, 0.2) is 0 Å². The van der Waals surface area contributed by atoms with Gasteiger partial charge >= 0.3 is 0 Å². The first-order valence-electron chi connectivity index (χ1n) is 6.08. The largest absolute Gasteiger partial charge is 0.358 e. The molecule has 2 nitrogen and oxygen atoms in total. The topological polar surface area (TPSA) is 6.48 Å². The fraction of sp³-hybridized carbons (Fsp3) is 0.571. The van der Waals surface area contributed by atoms with Crippen molar-refractivity contribution in [3.8, 4) is 0 Å². The molecular formula is C14H20N2. The lowest BCUT2D eigenvalue weighted by molar-refractivity contribution is 0.268. The maximum absolute atomic E-state index is 2.48. The molecule has 0 amide bonds. The number of hydrogen-bond acceptors (Lipinski definition) is 2. The Balaban J connectivity index is 2.20. The second-order valence-electron chi connectivity index (χ2n) is 5.65. The summed E-state index contributed by atoms with van der Waals surface area (Å²) in [6.45, 7) is 5.82. The van der Waals surface area contributed by atoms with Crippen LogP contribution in [0, 0.1) is 6.92 Å². The number of aryl methyl sites for hydroxylation is 1. The fourth-order valence-electron chi connectivity index (χ4n) is 3.69. The third-order valence-corrected chi connectivity index (χ3v) is 4.49. The van der Waals surface area contributed by atoms with E-state index in [1.165, 1.54) is 24.2 Å². The van der Waals surface area contributed by atoms with Crippen LogP contribution in [0.15, 0.2) is 18.2 Å². The normalized spacial score (nSPS) is 33.0. The predicted octanol–water partition coefficient (Wildman–Crippen LogP) is 2.36. The van der Waals surface area contributed by atoms with Crippen molar-refractivity contribution in [2.45, 2.75) is 31.8 Å². The molecule has 2 heteroatoms. The van der Waals surface area contributed by atoms with Crippen LogP contribution in [0.5, 0.6) is 0 Å². The van der Waals surface area contributed by atoms with Gasteiger partial charge in [0.25, 0.3) is 0 Å². The number of likely N-dealkylation sites (N-methyl/N-ethyl adjacent to an activating group) is 2. The minimum absolute atomic E-state index is 0.324. The van der Waals surface area contributed by atoms with E-state index in [0.717, 1.165) is 0 Å². The molecular weight excluding hydrogens is 196 g/mol. The lowest BCUT2D eigenvalue weighted by Crippen LogP contribution is -2.45. The Morgan fingerprint density at radius 2 is 2.06 bits per heavy atom. The van der Waals surface area contributed by atoms with Crippen LogP contribution < -0.4 is 4.90 Å². The van der Waals surface area contributed by atoms with E-state index in [4.69, 9.17) is 0 Å². The SMILES string of the molecule is Cc1ccc2c(c1)[C@]1(C)CCN(C)[C@@H]1N2C. The van der Waals surface area contributed by atoms with Crippen molar-refractivity contribution in [1.82, 2.24) is 4.90 Å². The second-order valence-corrected chi connectivity index (χ2v) is 5.65. The Morgan fingerprint density at radius 1 is 1.31 bits per heavy atom. The zero-order chi connectivity index (χ0) is 11.5. The standard InChI is InChI=1S/C14H20N2/c1-10-5-6-12-11(9-10)14(2)7-8-15(3)13(14)16(12)4/h5-6,9,13H,7-8H2,1-4H3/t13-,14+/m1/s1. The minimum atomic E-state index is 0.324. The summed E-state index contributed by atoms with van der Waals surface area (Å²) < 4.78 is 0. The maximum atomic E-state index is 2.48. The van der Waals surface area contributed by atoms with E-state index in [0.29, 0.717) is 11.6 Å². The summed E-state index contributed by atoms with van der Waals surface area (Å²) in [5.74, 6) is 0. The molecule has 1 fully saturated rings. The summed E-state index contributed by atoms with van der Waals surface area (Å²) in [6, 6.07) is 6.88. The molecule has 2 aliphatic heterocycles. The molecule has 0 radical (unpaired) electrons. The highest BCUT2D eigenvalue weighted by Crippen LogP contribution is 2.50. The third-order valence-electron chi connectivity index (χ3n) is 4.49. The lowest BCUT2D eigenvalue weighted by atomic mass is 9.81. The first kappa shape index (κ1) is 10.2. The van der Waals surface area contributed by atoms with E-state index in [1.54, 1.807) is 5.56 Å². The predicted molar refractivity (Wildman–Crippen MR) is 68.0 cm³/mol. The molecule has 1 saturated heterocycles. The van der Waals surface area contributed by atoms with Gasteiger partial charge in [-0.05, 0) is 32.0 Å². The van der Waals surface area contributed by atoms with Crippen LogP contribution >= 0.6 is 0 Å². The number of benzene rings is 1. The molecule has 2 aliphatic rings. The van der Waals surface area contributed by atoms with Gasteiger partial charge in [0, 0.05) is 24.7 Å². The van der Waals surface area contributed by atoms with Gasteiger partial charge in [-0.3, -0.25) is 4.90 Å². The van der Waals surface area contributed by atoms with Gasteiger partial charge in [-0.15, -0.1) is 0 Å². The first-order valence-corrected chi connectivity index (χ1v) is 6.08. The van der Waals surface area contributed by atoms with E-state index in [1.807, 2.05) is 0 Å². The number of nitrogens with zero attached hydrogens (tertiary/aromatic N) is 2. The Kier molecular flexibility index (Phi) is 1.91. The summed E-state index contributed by atoms with van der Waals surface area (Å²) >= 11 is 0. The van der Waals surface area contributed by atoms with Crippen molar-refractivity contribution in [3.05, 3.63) is 29.3 Å². The van der Waals surface area contributed by atoms with Crippen LogP contribution in [-0.4, -0.2) is 31.7 Å². The number of anilines is 1. The number of likely N-dealkylation sites (tertiary alicyclic amines) is 1. The lowest BCUT2D eigenvalue weighted by Gasteiger charge is -2.32. The molecule has 0 aliphatic carbocycles. The highest BCUT2D eigenvalue weighted by Gasteiger charge is 2.51. The molecule has 16 heavy (non-hydrogen) atoms. The zero-order valence-electron chi connectivity index (χ0n) is 10.6. The Bertz CT molecular complexity index is 440. The number of rotatable bonds is 0. The Morgan fingerprint density at radius 3 is 2.81 bits per heavy atom. The van der Waals surface area contributed by atoms with Gasteiger partial charge in [-0.25, -0.2) is 0 Å². The van der Waals surface area contributed by atoms with E-state index < -0.39 is 0 Å². The van der Waals surface area contributed by atoms with Gasteiger partial charge in [0.05, 0.1) is 6.17 Å². The van der Waals surface area contributed by atoms with Crippen LogP contribution in [0.25, 0.3) is 0 Å². The average Bonchev–Trinajstić information content (AvgIpc) is 2.65. The molecule has 0 bridgehead atoms. The van der Waals surface area contributed by atoms with Crippen molar-refractivity contribution in [3.63, 3.8) is 0 Å². The number of fused-ring (bicyclic) bond motifs is 3. The molecule has 0 saturated carbocycles. The van der Waals surface area contributed by atoms with Crippen molar-refractivity contribution in [2.24, 2.45) is 0 Å². The molecule has 0 N–H and O–H groups in total. The van der Waals surface area contributed by atoms with Crippen LogP contribution in [0.2, 0.25) is 0 Å². The van der Waals surface area contributed by atoms with Crippen molar-refractivity contribution in [1.29, 1.82) is 0 Å². The fourth-order valence-corrected chi connectivity index (χ4v) is 3.69. The number of hydrogen-bond donors (Lipinski definition) is 0. The van der Waals surface area contributed by atoms with Gasteiger partial charge in [0.1, 0.15) is 0 Å². The second kappa shape index (κ2) is 3.01. The third kappa shape index (κ3) is 1.06.